The summed E-state index contributed by atoms with van der Waals surface area (Å²) in [6.45, 7) is 0. The summed E-state index contributed by atoms with van der Waals surface area (Å²) in [4.78, 5) is 0. The first-order valence-electron chi connectivity index (χ1n) is 4.05. The number of allylic oxidation sites excluding steroid dienone is 3. The van der Waals surface area contributed by atoms with E-state index in [4.69, 9.17) is 12.2 Å². The Bertz CT molecular complexity index is 499. The van der Waals surface area contributed by atoms with Gasteiger partial charge in [-0.2, -0.15) is 0 Å². The lowest BCUT2D eigenvalue weighted by Crippen LogP contribution is -1.76. The number of fused-ring (bicyclic) bond motifs is 1. The van der Waals surface area contributed by atoms with E-state index in [1.54, 1.807) is 34.4 Å². The lowest BCUT2D eigenvalue weighted by molar-refractivity contribution is 1.56. The van der Waals surface area contributed by atoms with Gasteiger partial charge in [0.25, 0.3) is 0 Å². The summed E-state index contributed by atoms with van der Waals surface area (Å²) < 4.78 is 5.17. The Morgan fingerprint density at radius 1 is 0.933 bits per heavy atom. The van der Waals surface area contributed by atoms with Crippen LogP contribution in [0.25, 0.3) is 0 Å². The second kappa shape index (κ2) is 4.43. The van der Waals surface area contributed by atoms with Crippen LogP contribution in [0.2, 0.25) is 0 Å². The van der Waals surface area contributed by atoms with Crippen molar-refractivity contribution in [3.63, 3.8) is 0 Å². The van der Waals surface area contributed by atoms with Crippen LogP contribution < -0.4 is 0 Å². The van der Waals surface area contributed by atoms with Crippen LogP contribution in [-0.2, 0) is 0 Å². The summed E-state index contributed by atoms with van der Waals surface area (Å²) in [5.41, 5.74) is 1.32. The minimum absolute atomic E-state index is 1.04. The summed E-state index contributed by atoms with van der Waals surface area (Å²) in [6.07, 6.45) is 4.35. The highest BCUT2D eigenvalue weighted by Gasteiger charge is 2.22. The van der Waals surface area contributed by atoms with Gasteiger partial charge in [0.15, 0.2) is 0 Å². The zero-order valence-electron chi connectivity index (χ0n) is 7.26. The molecule has 0 saturated heterocycles. The molecule has 6 heteroatoms. The van der Waals surface area contributed by atoms with Crippen molar-refractivity contribution in [1.29, 1.82) is 0 Å². The van der Waals surface area contributed by atoms with Gasteiger partial charge in [-0.3, -0.25) is 0 Å². The highest BCUT2D eigenvalue weighted by atomic mass is 32.2. The minimum Gasteiger partial charge on any atom is -0.106 e. The molecule has 0 nitrogen and oxygen atoms in total. The largest absolute Gasteiger partial charge is 0.145 e. The highest BCUT2D eigenvalue weighted by Crippen LogP contribution is 2.57. The fourth-order valence-corrected chi connectivity index (χ4v) is 8.29. The number of hydrogen-bond acceptors (Lipinski definition) is 6. The molecule has 0 aliphatic carbocycles. The van der Waals surface area contributed by atoms with Crippen LogP contribution in [0.1, 0.15) is 0 Å². The second-order valence-electron chi connectivity index (χ2n) is 2.72. The molecule has 0 unspecified atom stereocenters. The molecular formula is C9H4S6. The van der Waals surface area contributed by atoms with Crippen molar-refractivity contribution >= 4 is 70.2 Å². The molecule has 3 heterocycles. The number of thioether (sulfide) groups is 3. The molecule has 1 aromatic heterocycles. The summed E-state index contributed by atoms with van der Waals surface area (Å²) in [5.74, 6) is 0. The summed E-state index contributed by atoms with van der Waals surface area (Å²) in [7, 11) is 0. The molecule has 0 N–H and O–H groups in total. The first-order valence-corrected chi connectivity index (χ1v) is 8.67. The smallest absolute Gasteiger partial charge is 0.106 e. The third kappa shape index (κ3) is 2.16. The molecule has 0 fully saturated rings. The van der Waals surface area contributed by atoms with Crippen LogP contribution in [0.3, 0.4) is 0 Å². The lowest BCUT2D eigenvalue weighted by atomic mass is 10.3. The molecule has 2 aliphatic heterocycles. The Hall–Kier alpha value is 0.540. The molecule has 0 saturated carbocycles. The summed E-state index contributed by atoms with van der Waals surface area (Å²) in [5, 5.41) is 4.25. The molecule has 0 atom stereocenters. The highest BCUT2D eigenvalue weighted by molar-refractivity contribution is 8.26. The molecular weight excluding hydrogens is 301 g/mol. The summed E-state index contributed by atoms with van der Waals surface area (Å²) >= 11 is 14.1. The van der Waals surface area contributed by atoms with Gasteiger partial charge >= 0.3 is 0 Å². The topological polar surface area (TPSA) is 0 Å². The van der Waals surface area contributed by atoms with E-state index in [-0.39, 0.29) is 0 Å². The van der Waals surface area contributed by atoms with E-state index < -0.39 is 0 Å². The van der Waals surface area contributed by atoms with Gasteiger partial charge in [-0.05, 0) is 28.5 Å². The first-order chi connectivity index (χ1) is 7.33. The monoisotopic (exact) mass is 304 g/mol. The lowest BCUT2D eigenvalue weighted by Gasteiger charge is -2.02. The molecule has 0 radical (unpaired) electrons. The quantitative estimate of drug-likeness (QED) is 0.562. The van der Waals surface area contributed by atoms with Gasteiger partial charge in [-0.15, -0.1) is 34.4 Å². The molecule has 2 aliphatic rings. The van der Waals surface area contributed by atoms with E-state index in [1.165, 1.54) is 18.2 Å². The Kier molecular flexibility index (Phi) is 3.15. The first kappa shape index (κ1) is 10.7. The van der Waals surface area contributed by atoms with Crippen LogP contribution in [-0.4, -0.2) is 0 Å². The molecule has 0 amide bonds. The molecule has 76 valence electrons. The zero-order valence-corrected chi connectivity index (χ0v) is 12.2. The number of hydrogen-bond donors (Lipinski definition) is 0. The predicted octanol–water partition coefficient (Wildman–Crippen LogP) is 5.72. The van der Waals surface area contributed by atoms with E-state index in [0.717, 1.165) is 3.14 Å². The van der Waals surface area contributed by atoms with Gasteiger partial charge in [0.1, 0.15) is 3.14 Å². The fraction of sp³-hybridized carbons (Fsp3) is 0. The van der Waals surface area contributed by atoms with Crippen molar-refractivity contribution < 1.29 is 0 Å². The fourth-order valence-electron chi connectivity index (χ4n) is 1.15. The van der Waals surface area contributed by atoms with Crippen molar-refractivity contribution in [2.45, 2.75) is 8.42 Å². The van der Waals surface area contributed by atoms with E-state index in [0.29, 0.717) is 0 Å². The third-order valence-electron chi connectivity index (χ3n) is 1.78. The molecule has 0 bridgehead atoms. The molecule has 0 aromatic carbocycles. The van der Waals surface area contributed by atoms with Crippen molar-refractivity contribution in [2.75, 3.05) is 0 Å². The SMILES string of the molecule is S=c1sc2c(s1)SC(=C1C=CSC=C1)S2. The van der Waals surface area contributed by atoms with Crippen molar-refractivity contribution in [2.24, 2.45) is 0 Å². The van der Waals surface area contributed by atoms with Gasteiger partial charge in [0, 0.05) is 0 Å². The Balaban J connectivity index is 1.98. The van der Waals surface area contributed by atoms with Gasteiger partial charge in [-0.25, -0.2) is 0 Å². The molecule has 0 spiro atoms. The maximum absolute atomic E-state index is 5.18. The maximum atomic E-state index is 5.18. The maximum Gasteiger partial charge on any atom is 0.145 e. The minimum atomic E-state index is 1.04. The molecule has 1 aromatic rings. The Morgan fingerprint density at radius 2 is 1.53 bits per heavy atom. The van der Waals surface area contributed by atoms with Crippen LogP contribution >= 0.6 is 70.2 Å². The number of rotatable bonds is 0. The normalized spacial score (nSPS) is 18.7. The van der Waals surface area contributed by atoms with Crippen molar-refractivity contribution in [3.8, 4) is 0 Å². The van der Waals surface area contributed by atoms with Gasteiger partial charge < -0.3 is 0 Å². The third-order valence-corrected chi connectivity index (χ3v) is 8.11. The van der Waals surface area contributed by atoms with Crippen LogP contribution in [0.4, 0.5) is 0 Å². The zero-order chi connectivity index (χ0) is 10.3. The van der Waals surface area contributed by atoms with Gasteiger partial charge in [0.05, 0.1) is 12.7 Å². The molecule has 15 heavy (non-hydrogen) atoms. The predicted molar refractivity (Wildman–Crippen MR) is 77.6 cm³/mol. The van der Waals surface area contributed by atoms with E-state index in [2.05, 4.69) is 23.0 Å². The van der Waals surface area contributed by atoms with Crippen molar-refractivity contribution in [1.82, 2.24) is 0 Å². The Labute approximate surface area is 114 Å². The van der Waals surface area contributed by atoms with Crippen LogP contribution in [0, 0.1) is 3.14 Å². The van der Waals surface area contributed by atoms with Gasteiger partial charge in [0.2, 0.25) is 0 Å². The molecule has 3 rings (SSSR count). The Morgan fingerprint density at radius 3 is 2.13 bits per heavy atom. The van der Waals surface area contributed by atoms with Crippen LogP contribution in [0.5, 0.6) is 0 Å². The van der Waals surface area contributed by atoms with E-state index in [9.17, 15) is 0 Å². The average molecular weight is 305 g/mol. The standard InChI is InChI=1S/C9H4S6/c10-9-14-7-8(15-9)13-6(12-7)5-1-3-11-4-2-5/h1-4H. The summed E-state index contributed by atoms with van der Waals surface area (Å²) in [6, 6.07) is 0. The van der Waals surface area contributed by atoms with Crippen molar-refractivity contribution in [3.05, 3.63) is 35.9 Å². The van der Waals surface area contributed by atoms with E-state index >= 15 is 0 Å². The van der Waals surface area contributed by atoms with E-state index in [1.807, 2.05) is 23.5 Å². The average Bonchev–Trinajstić information content (AvgIpc) is 2.76. The van der Waals surface area contributed by atoms with Crippen LogP contribution in [0.15, 0.2) is 41.2 Å². The van der Waals surface area contributed by atoms with Gasteiger partial charge in [-0.1, -0.05) is 35.7 Å². The second-order valence-corrected chi connectivity index (χ2v) is 9.58.